The fraction of sp³-hybridized carbons (Fsp3) is 0.654. The van der Waals surface area contributed by atoms with Crippen molar-refractivity contribution in [2.24, 2.45) is 11.8 Å². The van der Waals surface area contributed by atoms with E-state index in [0.29, 0.717) is 19.1 Å². The Kier molecular flexibility index (Phi) is 11.7. The average molecular weight is 400 g/mol. The molecule has 1 aromatic rings. The third kappa shape index (κ3) is 8.23. The van der Waals surface area contributed by atoms with Gasteiger partial charge in [-0.1, -0.05) is 65.0 Å². The molecule has 29 heavy (non-hydrogen) atoms. The van der Waals surface area contributed by atoms with Crippen LogP contribution in [0.3, 0.4) is 0 Å². The highest BCUT2D eigenvalue weighted by Gasteiger charge is 2.20. The molecule has 0 aliphatic rings. The molecule has 0 aliphatic carbocycles. The van der Waals surface area contributed by atoms with Crippen molar-refractivity contribution in [2.75, 3.05) is 18.6 Å². The highest BCUT2D eigenvalue weighted by atomic mass is 16.5. The van der Waals surface area contributed by atoms with Crippen LogP contribution < -0.4 is 4.90 Å². The quantitative estimate of drug-likeness (QED) is 0.320. The molecule has 0 spiro atoms. The van der Waals surface area contributed by atoms with Crippen molar-refractivity contribution in [3.63, 3.8) is 0 Å². The Morgan fingerprint density at radius 2 is 1.83 bits per heavy atom. The van der Waals surface area contributed by atoms with E-state index in [1.165, 1.54) is 12.8 Å². The molecule has 1 aromatic carbocycles. The van der Waals surface area contributed by atoms with Gasteiger partial charge < -0.3 is 9.64 Å². The topological polar surface area (TPSA) is 29.5 Å². The first-order valence-corrected chi connectivity index (χ1v) is 11.3. The van der Waals surface area contributed by atoms with E-state index in [-0.39, 0.29) is 11.8 Å². The summed E-state index contributed by atoms with van der Waals surface area (Å²) in [4.78, 5) is 14.4. The van der Waals surface area contributed by atoms with E-state index in [1.807, 2.05) is 46.0 Å². The van der Waals surface area contributed by atoms with Gasteiger partial charge in [0.1, 0.15) is 0 Å². The maximum atomic E-state index is 12.7. The molecule has 3 unspecified atom stereocenters. The van der Waals surface area contributed by atoms with Crippen molar-refractivity contribution in [1.29, 1.82) is 0 Å². The number of aryl methyl sites for hydroxylation is 1. The van der Waals surface area contributed by atoms with Gasteiger partial charge in [0.2, 0.25) is 5.91 Å². The van der Waals surface area contributed by atoms with Crippen LogP contribution in [0.2, 0.25) is 0 Å². The smallest absolute Gasteiger partial charge is 0.229 e. The van der Waals surface area contributed by atoms with Crippen LogP contribution in [0, 0.1) is 30.6 Å². The Morgan fingerprint density at radius 3 is 2.45 bits per heavy atom. The Hall–Kier alpha value is -1.79. The van der Waals surface area contributed by atoms with Gasteiger partial charge in [0.25, 0.3) is 0 Å². The van der Waals surface area contributed by atoms with E-state index < -0.39 is 0 Å². The summed E-state index contributed by atoms with van der Waals surface area (Å²) in [5, 5.41) is 0. The fourth-order valence-electron chi connectivity index (χ4n) is 3.33. The SMILES string of the molecule is CCC(C)CCC(CC)OCCC#Cc1cccc(C)c1N(C)C(=O)C(C)CC. The molecule has 0 aromatic heterocycles. The van der Waals surface area contributed by atoms with Gasteiger partial charge >= 0.3 is 0 Å². The number of benzene rings is 1. The van der Waals surface area contributed by atoms with Crippen LogP contribution in [-0.4, -0.2) is 25.7 Å². The molecule has 0 radical (unpaired) electrons. The van der Waals surface area contributed by atoms with Crippen molar-refractivity contribution in [3.8, 4) is 11.8 Å². The fourth-order valence-corrected chi connectivity index (χ4v) is 3.33. The lowest BCUT2D eigenvalue weighted by Crippen LogP contribution is -2.32. The Bertz CT molecular complexity index is 686. The third-order valence-electron chi connectivity index (χ3n) is 5.88. The number of rotatable bonds is 11. The standard InChI is InChI=1S/C26H41NO2/c1-8-20(4)17-18-24(10-3)29-19-12-11-15-23-16-13-14-22(6)25(23)27(7)26(28)21(5)9-2/h13-14,16,20-21,24H,8-10,12,17-19H2,1-7H3. The summed E-state index contributed by atoms with van der Waals surface area (Å²) in [5.74, 6) is 7.44. The number of hydrogen-bond donors (Lipinski definition) is 0. The number of nitrogens with zero attached hydrogens (tertiary/aromatic N) is 1. The molecule has 3 atom stereocenters. The first kappa shape index (κ1) is 25.2. The van der Waals surface area contributed by atoms with E-state index in [4.69, 9.17) is 4.74 Å². The minimum atomic E-state index is 0.00946. The predicted octanol–water partition coefficient (Wildman–Crippen LogP) is 6.37. The van der Waals surface area contributed by atoms with Crippen molar-refractivity contribution >= 4 is 11.6 Å². The van der Waals surface area contributed by atoms with Gasteiger partial charge in [0.15, 0.2) is 0 Å². The van der Waals surface area contributed by atoms with Gasteiger partial charge in [0, 0.05) is 24.9 Å². The van der Waals surface area contributed by atoms with E-state index in [1.54, 1.807) is 4.90 Å². The number of ether oxygens (including phenoxy) is 1. The summed E-state index contributed by atoms with van der Waals surface area (Å²) in [6, 6.07) is 6.04. The molecule has 162 valence electrons. The number of anilines is 1. The van der Waals surface area contributed by atoms with Crippen LogP contribution in [0.1, 0.15) is 84.3 Å². The number of para-hydroxylation sites is 1. The number of carbonyl (C=O) groups is 1. The molecule has 3 heteroatoms. The first-order valence-electron chi connectivity index (χ1n) is 11.3. The summed E-state index contributed by atoms with van der Waals surface area (Å²) in [7, 11) is 1.86. The van der Waals surface area contributed by atoms with E-state index >= 15 is 0 Å². The lowest BCUT2D eigenvalue weighted by molar-refractivity contribution is -0.121. The summed E-state index contributed by atoms with van der Waals surface area (Å²) >= 11 is 0. The molecule has 0 aliphatic heterocycles. The lowest BCUT2D eigenvalue weighted by atomic mass is 9.99. The third-order valence-corrected chi connectivity index (χ3v) is 5.88. The maximum absolute atomic E-state index is 12.7. The van der Waals surface area contributed by atoms with E-state index in [0.717, 1.165) is 42.0 Å². The predicted molar refractivity (Wildman–Crippen MR) is 124 cm³/mol. The number of amides is 1. The van der Waals surface area contributed by atoms with Gasteiger partial charge in [-0.05, 0) is 50.2 Å². The molecular formula is C26H41NO2. The summed E-state index contributed by atoms with van der Waals surface area (Å²) in [6.45, 7) is 13.5. The molecular weight excluding hydrogens is 358 g/mol. The maximum Gasteiger partial charge on any atom is 0.229 e. The first-order chi connectivity index (χ1) is 13.8. The van der Waals surface area contributed by atoms with Crippen molar-refractivity contribution in [3.05, 3.63) is 29.3 Å². The highest BCUT2D eigenvalue weighted by Crippen LogP contribution is 2.25. The van der Waals surface area contributed by atoms with Crippen LogP contribution in [-0.2, 0) is 9.53 Å². The monoisotopic (exact) mass is 399 g/mol. The van der Waals surface area contributed by atoms with Crippen LogP contribution in [0.25, 0.3) is 0 Å². The second-order valence-electron chi connectivity index (χ2n) is 8.22. The molecule has 3 nitrogen and oxygen atoms in total. The Balaban J connectivity index is 2.72. The van der Waals surface area contributed by atoms with Crippen molar-refractivity contribution in [1.82, 2.24) is 0 Å². The summed E-state index contributed by atoms with van der Waals surface area (Å²) in [6.07, 6.45) is 6.51. The van der Waals surface area contributed by atoms with Gasteiger partial charge in [-0.2, -0.15) is 0 Å². The number of hydrogen-bond acceptors (Lipinski definition) is 2. The molecule has 0 heterocycles. The second-order valence-corrected chi connectivity index (χ2v) is 8.22. The van der Waals surface area contributed by atoms with Gasteiger partial charge in [0.05, 0.1) is 18.4 Å². The van der Waals surface area contributed by atoms with Crippen LogP contribution in [0.4, 0.5) is 5.69 Å². The van der Waals surface area contributed by atoms with Crippen molar-refractivity contribution < 1.29 is 9.53 Å². The molecule has 0 fully saturated rings. The highest BCUT2D eigenvalue weighted by molar-refractivity contribution is 5.96. The van der Waals surface area contributed by atoms with Crippen LogP contribution in [0.15, 0.2) is 18.2 Å². The lowest BCUT2D eigenvalue weighted by Gasteiger charge is -2.24. The normalized spacial score (nSPS) is 13.9. The average Bonchev–Trinajstić information content (AvgIpc) is 2.73. The molecule has 0 N–H and O–H groups in total. The molecule has 1 rings (SSSR count). The zero-order valence-corrected chi connectivity index (χ0v) is 19.7. The van der Waals surface area contributed by atoms with Crippen LogP contribution >= 0.6 is 0 Å². The van der Waals surface area contributed by atoms with Gasteiger partial charge in [-0.3, -0.25) is 4.79 Å². The van der Waals surface area contributed by atoms with Gasteiger partial charge in [-0.25, -0.2) is 0 Å². The van der Waals surface area contributed by atoms with Gasteiger partial charge in [-0.15, -0.1) is 0 Å². The van der Waals surface area contributed by atoms with E-state index in [2.05, 4.69) is 32.6 Å². The minimum absolute atomic E-state index is 0.00946. The summed E-state index contributed by atoms with van der Waals surface area (Å²) in [5.41, 5.74) is 2.91. The zero-order valence-electron chi connectivity index (χ0n) is 19.7. The molecule has 0 bridgehead atoms. The molecule has 1 amide bonds. The molecule has 0 saturated carbocycles. The van der Waals surface area contributed by atoms with Crippen molar-refractivity contribution in [2.45, 2.75) is 86.2 Å². The Morgan fingerprint density at radius 1 is 1.10 bits per heavy atom. The summed E-state index contributed by atoms with van der Waals surface area (Å²) < 4.78 is 6.04. The van der Waals surface area contributed by atoms with E-state index in [9.17, 15) is 4.79 Å². The van der Waals surface area contributed by atoms with Crippen LogP contribution in [0.5, 0.6) is 0 Å². The largest absolute Gasteiger partial charge is 0.377 e. The minimum Gasteiger partial charge on any atom is -0.377 e. The second kappa shape index (κ2) is 13.4. The molecule has 0 saturated heterocycles. The number of carbonyl (C=O) groups excluding carboxylic acids is 1. The zero-order chi connectivity index (χ0) is 21.8. The Labute approximate surface area is 179 Å².